The first-order valence-electron chi connectivity index (χ1n) is 8.72. The lowest BCUT2D eigenvalue weighted by molar-refractivity contribution is -0.0759. The Balaban J connectivity index is 1.95. The number of oxime groups is 1. The maximum Gasteiger partial charge on any atom is 0.129 e. The highest BCUT2D eigenvalue weighted by Gasteiger charge is 2.57. The van der Waals surface area contributed by atoms with E-state index in [2.05, 4.69) is 23.1 Å². The van der Waals surface area contributed by atoms with E-state index in [9.17, 15) is 5.11 Å². The molecular formula is C18H32N2O3. The first-order chi connectivity index (χ1) is 10.9. The Morgan fingerprint density at radius 3 is 2.87 bits per heavy atom. The Labute approximate surface area is 140 Å². The molecule has 0 spiro atoms. The highest BCUT2D eigenvalue weighted by Crippen LogP contribution is 2.58. The van der Waals surface area contributed by atoms with Crippen LogP contribution in [0.15, 0.2) is 16.8 Å². The average molecular weight is 324 g/mol. The number of fused-ring (bicyclic) bond motifs is 1. The van der Waals surface area contributed by atoms with Gasteiger partial charge in [-0.3, -0.25) is 0 Å². The molecule has 0 aromatic heterocycles. The molecule has 0 aromatic carbocycles. The second-order valence-corrected chi connectivity index (χ2v) is 7.54. The molecule has 2 N–H and O–H groups in total. The van der Waals surface area contributed by atoms with Crippen molar-refractivity contribution < 1.29 is 15.1 Å². The molecule has 0 saturated heterocycles. The summed E-state index contributed by atoms with van der Waals surface area (Å²) in [6, 6.07) is 0. The Bertz CT molecular complexity index is 450. The van der Waals surface area contributed by atoms with E-state index in [0.717, 1.165) is 38.6 Å². The van der Waals surface area contributed by atoms with Crippen molar-refractivity contribution >= 4 is 6.21 Å². The van der Waals surface area contributed by atoms with Crippen LogP contribution in [0, 0.1) is 11.3 Å². The number of hydrogen-bond donors (Lipinski definition) is 2. The van der Waals surface area contributed by atoms with Crippen molar-refractivity contribution in [3.8, 4) is 0 Å². The first-order valence-corrected chi connectivity index (χ1v) is 8.72. The minimum absolute atomic E-state index is 0.127. The van der Waals surface area contributed by atoms with E-state index in [1.54, 1.807) is 0 Å². The molecule has 3 atom stereocenters. The van der Waals surface area contributed by atoms with Gasteiger partial charge in [0, 0.05) is 30.7 Å². The average Bonchev–Trinajstić information content (AvgIpc) is 2.76. The zero-order valence-electron chi connectivity index (χ0n) is 14.8. The van der Waals surface area contributed by atoms with Crippen LogP contribution in [0.3, 0.4) is 0 Å². The van der Waals surface area contributed by atoms with Gasteiger partial charge in [-0.2, -0.15) is 0 Å². The van der Waals surface area contributed by atoms with Gasteiger partial charge >= 0.3 is 0 Å². The van der Waals surface area contributed by atoms with Crippen LogP contribution < -0.4 is 0 Å². The van der Waals surface area contributed by atoms with E-state index in [0.29, 0.717) is 13.0 Å². The first kappa shape index (κ1) is 18.4. The molecule has 2 fully saturated rings. The number of likely N-dealkylation sites (N-methyl/N-ethyl adjacent to an activating group) is 1. The number of aliphatic hydroxyl groups is 2. The molecule has 2 saturated carbocycles. The smallest absolute Gasteiger partial charge is 0.129 e. The summed E-state index contributed by atoms with van der Waals surface area (Å²) in [6.45, 7) is 3.81. The number of aliphatic hydroxyl groups excluding tert-OH is 1. The lowest BCUT2D eigenvalue weighted by atomic mass is 9.61. The van der Waals surface area contributed by atoms with E-state index < -0.39 is 5.60 Å². The van der Waals surface area contributed by atoms with Gasteiger partial charge in [0.15, 0.2) is 0 Å². The highest BCUT2D eigenvalue weighted by molar-refractivity contribution is 5.63. The predicted octanol–water partition coefficient (Wildman–Crippen LogP) is 2.19. The number of rotatable bonds is 7. The van der Waals surface area contributed by atoms with E-state index in [1.807, 2.05) is 20.3 Å². The molecular weight excluding hydrogens is 292 g/mol. The molecule has 132 valence electrons. The topological polar surface area (TPSA) is 65.3 Å². The summed E-state index contributed by atoms with van der Waals surface area (Å²) in [7, 11) is 4.02. The maximum atomic E-state index is 11.2. The largest absolute Gasteiger partial charge is 0.396 e. The molecule has 0 radical (unpaired) electrons. The maximum absolute atomic E-state index is 11.2. The van der Waals surface area contributed by atoms with Crippen LogP contribution in [0.4, 0.5) is 0 Å². The van der Waals surface area contributed by atoms with Gasteiger partial charge in [-0.1, -0.05) is 23.7 Å². The van der Waals surface area contributed by atoms with E-state index in [-0.39, 0.29) is 17.9 Å². The van der Waals surface area contributed by atoms with Crippen LogP contribution in [0.25, 0.3) is 0 Å². The van der Waals surface area contributed by atoms with Gasteiger partial charge in [-0.25, -0.2) is 0 Å². The summed E-state index contributed by atoms with van der Waals surface area (Å²) in [4.78, 5) is 7.41. The van der Waals surface area contributed by atoms with Crippen LogP contribution >= 0.6 is 0 Å². The Morgan fingerprint density at radius 2 is 2.17 bits per heavy atom. The van der Waals surface area contributed by atoms with E-state index >= 15 is 0 Å². The standard InChI is InChI=1S/C18H32N2O3/c1-17-8-6-15(5-4-11-21)13-18(17,22)9-7-16(17)14-19-23-12-10-20(2)3/h5,14,16,21-22H,4,6-13H2,1-3H3/b15-5-,19-14+/t16-,17-,18+/m1/s1. The molecule has 5 heteroatoms. The third kappa shape index (κ3) is 4.14. The third-order valence-corrected chi connectivity index (χ3v) is 5.74. The highest BCUT2D eigenvalue weighted by atomic mass is 16.6. The minimum Gasteiger partial charge on any atom is -0.396 e. The monoisotopic (exact) mass is 324 g/mol. The summed E-state index contributed by atoms with van der Waals surface area (Å²) >= 11 is 0. The van der Waals surface area contributed by atoms with Crippen LogP contribution in [-0.2, 0) is 4.84 Å². The van der Waals surface area contributed by atoms with Crippen LogP contribution in [0.5, 0.6) is 0 Å². The van der Waals surface area contributed by atoms with Crippen molar-refractivity contribution in [3.63, 3.8) is 0 Å². The lowest BCUT2D eigenvalue weighted by Gasteiger charge is -2.47. The van der Waals surface area contributed by atoms with Gasteiger partial charge in [-0.15, -0.1) is 0 Å². The summed E-state index contributed by atoms with van der Waals surface area (Å²) in [5, 5.41) is 24.3. The summed E-state index contributed by atoms with van der Waals surface area (Å²) in [6.07, 6.45) is 9.18. The van der Waals surface area contributed by atoms with Gasteiger partial charge < -0.3 is 20.0 Å². The fraction of sp³-hybridized carbons (Fsp3) is 0.833. The fourth-order valence-electron chi connectivity index (χ4n) is 4.01. The van der Waals surface area contributed by atoms with Crippen LogP contribution in [0.2, 0.25) is 0 Å². The molecule has 23 heavy (non-hydrogen) atoms. The third-order valence-electron chi connectivity index (χ3n) is 5.74. The molecule has 0 amide bonds. The fourth-order valence-corrected chi connectivity index (χ4v) is 4.01. The van der Waals surface area contributed by atoms with Crippen molar-refractivity contribution in [2.75, 3.05) is 33.9 Å². The van der Waals surface area contributed by atoms with Crippen molar-refractivity contribution in [2.45, 2.75) is 51.0 Å². The van der Waals surface area contributed by atoms with E-state index in [4.69, 9.17) is 9.94 Å². The lowest BCUT2D eigenvalue weighted by Crippen LogP contribution is -2.48. The molecule has 0 unspecified atom stereocenters. The second kappa shape index (κ2) is 7.77. The summed E-state index contributed by atoms with van der Waals surface area (Å²) in [5.74, 6) is 0.270. The minimum atomic E-state index is -0.646. The Kier molecular flexibility index (Phi) is 6.23. The zero-order valence-corrected chi connectivity index (χ0v) is 14.8. The second-order valence-electron chi connectivity index (χ2n) is 7.54. The summed E-state index contributed by atoms with van der Waals surface area (Å²) < 4.78 is 0. The van der Waals surface area contributed by atoms with Crippen molar-refractivity contribution in [2.24, 2.45) is 16.5 Å². The normalized spacial score (nSPS) is 36.1. The Hall–Kier alpha value is -0.910. The van der Waals surface area contributed by atoms with Crippen LogP contribution in [0.1, 0.15) is 45.4 Å². The van der Waals surface area contributed by atoms with Gasteiger partial charge in [0.1, 0.15) is 6.61 Å². The van der Waals surface area contributed by atoms with Gasteiger partial charge in [0.05, 0.1) is 5.60 Å². The zero-order chi connectivity index (χ0) is 16.9. The number of hydrogen-bond acceptors (Lipinski definition) is 5. The molecule has 0 bridgehead atoms. The van der Waals surface area contributed by atoms with Gasteiger partial charge in [0.25, 0.3) is 0 Å². The van der Waals surface area contributed by atoms with Gasteiger partial charge in [-0.05, 0) is 52.6 Å². The van der Waals surface area contributed by atoms with Crippen LogP contribution in [-0.4, -0.2) is 60.8 Å². The van der Waals surface area contributed by atoms with Gasteiger partial charge in [0.2, 0.25) is 0 Å². The van der Waals surface area contributed by atoms with Crippen molar-refractivity contribution in [3.05, 3.63) is 11.6 Å². The molecule has 5 nitrogen and oxygen atoms in total. The summed E-state index contributed by atoms with van der Waals surface area (Å²) in [5.41, 5.74) is 0.518. The van der Waals surface area contributed by atoms with E-state index in [1.165, 1.54) is 5.57 Å². The molecule has 0 aliphatic heterocycles. The Morgan fingerprint density at radius 1 is 1.39 bits per heavy atom. The quantitative estimate of drug-likeness (QED) is 0.326. The number of nitrogens with zero attached hydrogens (tertiary/aromatic N) is 2. The van der Waals surface area contributed by atoms with Crippen molar-refractivity contribution in [1.82, 2.24) is 4.90 Å². The van der Waals surface area contributed by atoms with Crippen molar-refractivity contribution in [1.29, 1.82) is 0 Å². The molecule has 0 aromatic rings. The molecule has 0 heterocycles. The molecule has 2 aliphatic rings. The molecule has 2 rings (SSSR count). The SMILES string of the molecule is CN(C)CCO/N=C/[C@H]1CC[C@]2(O)C/C(=C\CCO)CC[C@]12C. The molecule has 2 aliphatic carbocycles. The predicted molar refractivity (Wildman–Crippen MR) is 92.4 cm³/mol.